The van der Waals surface area contributed by atoms with E-state index in [0.717, 1.165) is 41.7 Å². The molecule has 0 spiro atoms. The van der Waals surface area contributed by atoms with E-state index in [-0.39, 0.29) is 0 Å². The average Bonchev–Trinajstić information content (AvgIpc) is 2.56. The molecule has 1 atom stereocenters. The van der Waals surface area contributed by atoms with E-state index < -0.39 is 15.5 Å². The van der Waals surface area contributed by atoms with Crippen LogP contribution in [0.2, 0.25) is 0 Å². The molecule has 6 rings (SSSR count). The van der Waals surface area contributed by atoms with Crippen LogP contribution in [0, 0.1) is 0 Å². The maximum Gasteiger partial charge on any atom is 0.0591 e. The van der Waals surface area contributed by atoms with Gasteiger partial charge in [0.15, 0.2) is 0 Å². The van der Waals surface area contributed by atoms with Gasteiger partial charge in [-0.15, -0.1) is 0 Å². The summed E-state index contributed by atoms with van der Waals surface area (Å²) in [5.41, 5.74) is 14.2. The minimum Gasteiger partial charge on any atom is -0.254 e. The van der Waals surface area contributed by atoms with Crippen LogP contribution in [0.15, 0.2) is 46.4 Å². The number of benzene rings is 2. The Morgan fingerprint density at radius 1 is 0.920 bits per heavy atom. The van der Waals surface area contributed by atoms with Crippen LogP contribution in [0.5, 0.6) is 0 Å². The quantitative estimate of drug-likeness (QED) is 0.404. The summed E-state index contributed by atoms with van der Waals surface area (Å²) in [5, 5.41) is 3.98. The summed E-state index contributed by atoms with van der Waals surface area (Å²) in [6.45, 7) is 5.88. The number of nitrogens with zero attached hydrogens (tertiary/aromatic N) is 3. The van der Waals surface area contributed by atoms with E-state index in [9.17, 15) is 4.21 Å². The lowest BCUT2D eigenvalue weighted by Crippen LogP contribution is -2.23. The summed E-state index contributed by atoms with van der Waals surface area (Å²) in [6, 6.07) is 12.8. The fourth-order valence-electron chi connectivity index (χ4n) is 3.15. The van der Waals surface area contributed by atoms with Crippen molar-refractivity contribution in [3.8, 4) is 0 Å². The molecule has 0 aliphatic heterocycles. The van der Waals surface area contributed by atoms with E-state index in [1.807, 2.05) is 26.8 Å². The van der Waals surface area contributed by atoms with Crippen molar-refractivity contribution in [2.75, 3.05) is 0 Å². The summed E-state index contributed by atoms with van der Waals surface area (Å²) < 4.78 is 12.8. The third kappa shape index (κ3) is 3.78. The van der Waals surface area contributed by atoms with Crippen LogP contribution in [0.25, 0.3) is 10.4 Å². The molecule has 2 aromatic rings. The van der Waals surface area contributed by atoms with Crippen molar-refractivity contribution in [1.82, 2.24) is 0 Å². The highest BCUT2D eigenvalue weighted by atomic mass is 32.2. The van der Waals surface area contributed by atoms with Gasteiger partial charge in [-0.1, -0.05) is 41.5 Å². The Morgan fingerprint density at radius 3 is 1.96 bits per heavy atom. The molecule has 130 valence electrons. The maximum absolute atomic E-state index is 13.2. The first-order valence-electron chi connectivity index (χ1n) is 8.59. The molecule has 0 N–H and O–H groups in total. The molecular weight excluding hydrogens is 330 g/mol. The molecule has 5 heteroatoms. The van der Waals surface area contributed by atoms with Crippen molar-refractivity contribution in [3.63, 3.8) is 0 Å². The molecule has 2 aromatic carbocycles. The zero-order valence-electron chi connectivity index (χ0n) is 15.0. The van der Waals surface area contributed by atoms with Gasteiger partial charge >= 0.3 is 0 Å². The van der Waals surface area contributed by atoms with Crippen LogP contribution < -0.4 is 0 Å². The first-order chi connectivity index (χ1) is 11.9. The Bertz CT molecular complexity index is 860. The van der Waals surface area contributed by atoms with Gasteiger partial charge in [-0.2, -0.15) is 0 Å². The number of azide groups is 1. The maximum atomic E-state index is 13.2. The predicted molar refractivity (Wildman–Crippen MR) is 103 cm³/mol. The largest absolute Gasteiger partial charge is 0.254 e. The zero-order chi connectivity index (χ0) is 18.0. The third-order valence-corrected chi connectivity index (χ3v) is 6.51. The standard InChI is InChI=1S/C20H23N3OS/c1-20(2,3)25(24)19-17-11-9-15-6-4-14(5-7-15)8-10-16(12-13-17)18(19)22-23-21/h4-7,12-13H,8-11H2,1-3H3/t25-/m0/s1. The molecule has 0 saturated carbocycles. The molecule has 0 radical (unpaired) electrons. The highest BCUT2D eigenvalue weighted by Crippen LogP contribution is 2.37. The molecule has 4 aliphatic rings. The second-order valence-electron chi connectivity index (χ2n) is 7.45. The normalized spacial score (nSPS) is 15.2. The minimum absolute atomic E-state index is 0.412. The van der Waals surface area contributed by atoms with Crippen molar-refractivity contribution in [2.45, 2.75) is 56.1 Å². The monoisotopic (exact) mass is 353 g/mol. The van der Waals surface area contributed by atoms with E-state index in [4.69, 9.17) is 5.53 Å². The lowest BCUT2D eigenvalue weighted by molar-refractivity contribution is 0.647. The molecule has 25 heavy (non-hydrogen) atoms. The number of rotatable bonds is 2. The fourth-order valence-corrected chi connectivity index (χ4v) is 4.52. The van der Waals surface area contributed by atoms with E-state index >= 15 is 0 Å². The highest BCUT2D eigenvalue weighted by Gasteiger charge is 2.27. The zero-order valence-corrected chi connectivity index (χ0v) is 15.8. The van der Waals surface area contributed by atoms with Gasteiger partial charge in [-0.3, -0.25) is 4.21 Å². The Kier molecular flexibility index (Phi) is 4.98. The van der Waals surface area contributed by atoms with Gasteiger partial charge < -0.3 is 0 Å². The first-order valence-corrected chi connectivity index (χ1v) is 9.74. The average molecular weight is 353 g/mol. The predicted octanol–water partition coefficient (Wildman–Crippen LogP) is 5.42. The van der Waals surface area contributed by atoms with Crippen molar-refractivity contribution in [3.05, 3.63) is 69.1 Å². The summed E-state index contributed by atoms with van der Waals surface area (Å²) in [4.78, 5) is 3.75. The Balaban J connectivity index is 2.20. The van der Waals surface area contributed by atoms with Crippen LogP contribution in [0.1, 0.15) is 43.0 Å². The summed E-state index contributed by atoms with van der Waals surface area (Å²) in [7, 11) is -1.25. The lowest BCUT2D eigenvalue weighted by Gasteiger charge is -2.23. The third-order valence-electron chi connectivity index (χ3n) is 4.57. The van der Waals surface area contributed by atoms with Crippen LogP contribution in [-0.2, 0) is 36.5 Å². The smallest absolute Gasteiger partial charge is 0.0591 e. The minimum atomic E-state index is -1.25. The second kappa shape index (κ2) is 7.03. The molecule has 0 unspecified atom stereocenters. The molecule has 0 saturated heterocycles. The molecule has 0 fully saturated rings. The van der Waals surface area contributed by atoms with E-state index in [1.165, 1.54) is 11.1 Å². The molecule has 0 heterocycles. The molecule has 0 amide bonds. The van der Waals surface area contributed by atoms with Crippen molar-refractivity contribution in [1.29, 1.82) is 0 Å². The summed E-state index contributed by atoms with van der Waals surface area (Å²) in [6.07, 6.45) is 3.30. The molecule has 4 nitrogen and oxygen atoms in total. The first kappa shape index (κ1) is 17.7. The Hall–Kier alpha value is -2.10. The number of hydrogen-bond donors (Lipinski definition) is 0. The van der Waals surface area contributed by atoms with Crippen LogP contribution in [0.3, 0.4) is 0 Å². The molecule has 0 aromatic heterocycles. The van der Waals surface area contributed by atoms with Crippen molar-refractivity contribution >= 4 is 16.5 Å². The van der Waals surface area contributed by atoms with Crippen molar-refractivity contribution < 1.29 is 4.21 Å². The Morgan fingerprint density at radius 2 is 1.44 bits per heavy atom. The van der Waals surface area contributed by atoms with Gasteiger partial charge in [-0.25, -0.2) is 0 Å². The Labute approximate surface area is 151 Å². The molecule has 4 aliphatic carbocycles. The summed E-state index contributed by atoms with van der Waals surface area (Å²) >= 11 is 0. The number of aryl methyl sites for hydroxylation is 4. The second-order valence-corrected chi connectivity index (χ2v) is 9.62. The van der Waals surface area contributed by atoms with E-state index in [2.05, 4.69) is 40.4 Å². The van der Waals surface area contributed by atoms with E-state index in [1.54, 1.807) is 0 Å². The van der Waals surface area contributed by atoms with Gasteiger partial charge in [0.2, 0.25) is 0 Å². The number of hydrogen-bond acceptors (Lipinski definition) is 2. The van der Waals surface area contributed by atoms with Crippen LogP contribution >= 0.6 is 0 Å². The highest BCUT2D eigenvalue weighted by molar-refractivity contribution is 7.86. The SMILES string of the molecule is CC(C)(C)[S@@](=O)c1c2ccc(c1N=[N+]=[N-])CCc1ccc(cc1)CC2. The molecule has 4 bridgehead atoms. The van der Waals surface area contributed by atoms with Gasteiger partial charge in [0.25, 0.3) is 0 Å². The topological polar surface area (TPSA) is 65.8 Å². The van der Waals surface area contributed by atoms with Gasteiger partial charge in [0.1, 0.15) is 0 Å². The summed E-state index contributed by atoms with van der Waals surface area (Å²) in [5.74, 6) is 0. The van der Waals surface area contributed by atoms with E-state index in [0.29, 0.717) is 5.69 Å². The van der Waals surface area contributed by atoms with Crippen LogP contribution in [-0.4, -0.2) is 8.96 Å². The van der Waals surface area contributed by atoms with Crippen LogP contribution in [0.4, 0.5) is 5.69 Å². The molecular formula is C20H23N3OS. The lowest BCUT2D eigenvalue weighted by atomic mass is 9.95. The van der Waals surface area contributed by atoms with Crippen molar-refractivity contribution in [2.24, 2.45) is 5.11 Å². The fraction of sp³-hybridized carbons (Fsp3) is 0.400. The van der Waals surface area contributed by atoms with Gasteiger partial charge in [0, 0.05) is 9.66 Å². The van der Waals surface area contributed by atoms with Gasteiger partial charge in [-0.05, 0) is 74.2 Å². The van der Waals surface area contributed by atoms with Gasteiger partial charge in [0.05, 0.1) is 21.4 Å².